The average molecular weight is 907 g/mol. The van der Waals surface area contributed by atoms with Crippen molar-refractivity contribution >= 4 is 44.7 Å². The van der Waals surface area contributed by atoms with Gasteiger partial charge in [0.25, 0.3) is 0 Å². The van der Waals surface area contributed by atoms with Crippen molar-refractivity contribution in [3.8, 4) is 34.3 Å². The summed E-state index contributed by atoms with van der Waals surface area (Å²) in [6.07, 6.45) is 0. The van der Waals surface area contributed by atoms with E-state index >= 15 is 0 Å². The molecule has 0 amide bonds. The largest absolute Gasteiger partial charge is 0.506 e. The highest BCUT2D eigenvalue weighted by Crippen LogP contribution is 2.40. The van der Waals surface area contributed by atoms with Gasteiger partial charge in [-0.25, -0.2) is 0 Å². The van der Waals surface area contributed by atoms with Gasteiger partial charge in [-0.2, -0.15) is 0 Å². The molecule has 9 aromatic rings. The number of benzene rings is 6. The summed E-state index contributed by atoms with van der Waals surface area (Å²) in [5.41, 5.74) is 11.3. The first-order valence-electron chi connectivity index (χ1n) is 22.0. The standard InChI is InChI=1S/C20H25N3O.C17H18ClN3O.C16H17N3O/c1-19(2,3)13-11-14(20(4,5)6)18(24)17(12-13)23-21-15-9-7-8-10-16(15)22-23;1-10-7-12(17(2,3)4)16(22)15(8-10)21-19-13-6-5-11(18)9-14(13)20-21;1-16(2,3)11-8-9-15(20)14(10-11)19-17-12-6-4-5-7-13(12)18-19/h7-12,24H,1-6H3;5-9,22H,1-4H3;4-10,20H,1-3H3. The van der Waals surface area contributed by atoms with Gasteiger partial charge in [-0.1, -0.05) is 137 Å². The van der Waals surface area contributed by atoms with Crippen LogP contribution in [-0.4, -0.2) is 60.3 Å². The van der Waals surface area contributed by atoms with E-state index in [1.165, 1.54) is 9.59 Å². The van der Waals surface area contributed by atoms with E-state index in [0.717, 1.165) is 55.4 Å². The first-order valence-corrected chi connectivity index (χ1v) is 22.4. The van der Waals surface area contributed by atoms with Gasteiger partial charge in [0.2, 0.25) is 0 Å². The van der Waals surface area contributed by atoms with Crippen LogP contribution >= 0.6 is 11.6 Å². The van der Waals surface area contributed by atoms with Crippen LogP contribution in [0.15, 0.2) is 109 Å². The van der Waals surface area contributed by atoms with Gasteiger partial charge >= 0.3 is 0 Å². The Hall–Kier alpha value is -6.79. The molecule has 0 saturated carbocycles. The molecule has 0 aliphatic rings. The SMILES string of the molecule is CC(C)(C)c1cc(-n2nc3ccccc3n2)c(O)c(C(C)(C)C)c1.CC(C)(C)c1ccc(O)c(-n2nc3ccccc3n2)c1.Cc1cc(-n2nc3ccc(Cl)cc3n2)c(O)c(C(C)(C)C)c1. The minimum atomic E-state index is -0.174. The summed E-state index contributed by atoms with van der Waals surface area (Å²) in [4.78, 5) is 4.51. The van der Waals surface area contributed by atoms with Crippen LogP contribution in [0.3, 0.4) is 0 Å². The summed E-state index contributed by atoms with van der Waals surface area (Å²) in [5, 5.41) is 59.0. The summed E-state index contributed by atoms with van der Waals surface area (Å²) in [5.74, 6) is 0.638. The Morgan fingerprint density at radius 2 is 0.788 bits per heavy atom. The number of halogens is 1. The van der Waals surface area contributed by atoms with Crippen LogP contribution in [-0.2, 0) is 21.7 Å². The molecule has 6 aromatic carbocycles. The topological polar surface area (TPSA) is 153 Å². The van der Waals surface area contributed by atoms with Gasteiger partial charge in [-0.15, -0.1) is 45.0 Å². The fourth-order valence-electron chi connectivity index (χ4n) is 7.34. The number of nitrogens with zero attached hydrogens (tertiary/aromatic N) is 9. The molecule has 3 aromatic heterocycles. The van der Waals surface area contributed by atoms with Crippen molar-refractivity contribution in [2.75, 3.05) is 0 Å². The van der Waals surface area contributed by atoms with Gasteiger partial charge in [0, 0.05) is 16.1 Å². The molecule has 9 rings (SSSR count). The van der Waals surface area contributed by atoms with E-state index in [4.69, 9.17) is 11.6 Å². The molecule has 0 saturated heterocycles. The molecule has 342 valence electrons. The number of aryl methyl sites for hydroxylation is 1. The van der Waals surface area contributed by atoms with Crippen LogP contribution in [0.1, 0.15) is 111 Å². The number of aromatic hydroxyl groups is 3. The van der Waals surface area contributed by atoms with Crippen molar-refractivity contribution in [3.63, 3.8) is 0 Å². The summed E-state index contributed by atoms with van der Waals surface area (Å²) in [6.45, 7) is 27.4. The predicted molar refractivity (Wildman–Crippen MR) is 266 cm³/mol. The molecule has 0 unspecified atom stereocenters. The maximum Gasteiger partial charge on any atom is 0.146 e. The number of aromatic nitrogens is 9. The quantitative estimate of drug-likeness (QED) is 0.157. The second kappa shape index (κ2) is 17.5. The maximum atomic E-state index is 10.9. The molecule has 0 bridgehead atoms. The molecule has 0 aliphatic carbocycles. The highest BCUT2D eigenvalue weighted by molar-refractivity contribution is 6.31. The smallest absolute Gasteiger partial charge is 0.146 e. The minimum absolute atomic E-state index is 0.00895. The van der Waals surface area contributed by atoms with E-state index in [2.05, 4.69) is 120 Å². The van der Waals surface area contributed by atoms with Crippen LogP contribution in [0.4, 0.5) is 0 Å². The van der Waals surface area contributed by atoms with Gasteiger partial charge in [0.1, 0.15) is 67.4 Å². The van der Waals surface area contributed by atoms with Crippen LogP contribution in [0.25, 0.3) is 50.2 Å². The van der Waals surface area contributed by atoms with Gasteiger partial charge < -0.3 is 15.3 Å². The second-order valence-electron chi connectivity index (χ2n) is 20.9. The van der Waals surface area contributed by atoms with Gasteiger partial charge in [-0.05, 0) is 112 Å². The maximum absolute atomic E-state index is 10.9. The molecule has 12 nitrogen and oxygen atoms in total. The van der Waals surface area contributed by atoms with Crippen molar-refractivity contribution in [3.05, 3.63) is 142 Å². The van der Waals surface area contributed by atoms with E-state index in [0.29, 0.717) is 27.6 Å². The first-order chi connectivity index (χ1) is 30.8. The highest BCUT2D eigenvalue weighted by Gasteiger charge is 2.27. The Morgan fingerprint density at radius 1 is 0.394 bits per heavy atom. The fourth-order valence-corrected chi connectivity index (χ4v) is 7.51. The molecule has 0 aliphatic heterocycles. The van der Waals surface area contributed by atoms with E-state index in [-0.39, 0.29) is 38.9 Å². The van der Waals surface area contributed by atoms with Gasteiger partial charge in [-0.3, -0.25) is 0 Å². The van der Waals surface area contributed by atoms with E-state index < -0.39 is 0 Å². The number of hydrogen-bond acceptors (Lipinski definition) is 9. The van der Waals surface area contributed by atoms with Crippen LogP contribution in [0.2, 0.25) is 5.02 Å². The second-order valence-corrected chi connectivity index (χ2v) is 21.3. The lowest BCUT2D eigenvalue weighted by Gasteiger charge is -2.27. The van der Waals surface area contributed by atoms with Crippen molar-refractivity contribution in [2.45, 2.75) is 112 Å². The lowest BCUT2D eigenvalue weighted by molar-refractivity contribution is 0.438. The zero-order valence-electron chi connectivity index (χ0n) is 40.1. The summed E-state index contributed by atoms with van der Waals surface area (Å²) >= 11 is 5.99. The molecule has 0 fully saturated rings. The molecule has 66 heavy (non-hydrogen) atoms. The Labute approximate surface area is 391 Å². The van der Waals surface area contributed by atoms with E-state index in [9.17, 15) is 15.3 Å². The molecular formula is C53H60ClN9O3. The lowest BCUT2D eigenvalue weighted by Crippen LogP contribution is -2.18. The summed E-state index contributed by atoms with van der Waals surface area (Å²) in [7, 11) is 0. The predicted octanol–water partition coefficient (Wildman–Crippen LogP) is 12.5. The molecule has 0 spiro atoms. The van der Waals surface area contributed by atoms with Crippen molar-refractivity contribution in [2.24, 2.45) is 0 Å². The van der Waals surface area contributed by atoms with Gasteiger partial charge in [0.05, 0.1) is 0 Å². The van der Waals surface area contributed by atoms with E-state index in [1.807, 2.05) is 91.9 Å². The van der Waals surface area contributed by atoms with Gasteiger partial charge in [0.15, 0.2) is 0 Å². The number of fused-ring (bicyclic) bond motifs is 3. The average Bonchev–Trinajstić information content (AvgIpc) is 3.97. The zero-order chi connectivity index (χ0) is 48.1. The van der Waals surface area contributed by atoms with Crippen molar-refractivity contribution in [1.29, 1.82) is 0 Å². The minimum Gasteiger partial charge on any atom is -0.506 e. The third-order valence-corrected chi connectivity index (χ3v) is 11.4. The monoisotopic (exact) mass is 905 g/mol. The zero-order valence-corrected chi connectivity index (χ0v) is 40.9. The first kappa shape index (κ1) is 47.2. The van der Waals surface area contributed by atoms with Crippen LogP contribution in [0, 0.1) is 6.92 Å². The van der Waals surface area contributed by atoms with Crippen molar-refractivity contribution < 1.29 is 15.3 Å². The number of hydrogen-bond donors (Lipinski definition) is 3. The molecule has 0 radical (unpaired) electrons. The summed E-state index contributed by atoms with van der Waals surface area (Å²) < 4.78 is 0. The third-order valence-electron chi connectivity index (χ3n) is 11.2. The molecular weight excluding hydrogens is 846 g/mol. The number of phenols is 3. The highest BCUT2D eigenvalue weighted by atomic mass is 35.5. The Bertz CT molecular complexity index is 3140. The fraction of sp³-hybridized carbons (Fsp3) is 0.321. The normalized spacial score (nSPS) is 12.3. The number of rotatable bonds is 3. The Balaban J connectivity index is 0.000000148. The Morgan fingerprint density at radius 3 is 1.24 bits per heavy atom. The number of phenolic OH excluding ortho intramolecular Hbond substituents is 3. The summed E-state index contributed by atoms with van der Waals surface area (Å²) in [6, 6.07) is 34.3. The Kier molecular flexibility index (Phi) is 12.5. The molecule has 0 atom stereocenters. The molecule has 13 heteroatoms. The van der Waals surface area contributed by atoms with Crippen LogP contribution in [0.5, 0.6) is 17.2 Å². The lowest BCUT2D eigenvalue weighted by atomic mass is 9.80. The van der Waals surface area contributed by atoms with Crippen LogP contribution < -0.4 is 0 Å². The van der Waals surface area contributed by atoms with Crippen molar-refractivity contribution in [1.82, 2.24) is 45.0 Å². The molecule has 3 N–H and O–H groups in total. The van der Waals surface area contributed by atoms with E-state index in [1.54, 1.807) is 23.0 Å². The third kappa shape index (κ3) is 10.2. The molecule has 3 heterocycles.